The average Bonchev–Trinajstić information content (AvgIpc) is 3.16. The van der Waals surface area contributed by atoms with Crippen molar-refractivity contribution in [1.82, 2.24) is 15.5 Å². The van der Waals surface area contributed by atoms with E-state index in [4.69, 9.17) is 16.6 Å². The van der Waals surface area contributed by atoms with Crippen LogP contribution in [0.4, 0.5) is 0 Å². The lowest BCUT2D eigenvalue weighted by Crippen LogP contribution is -2.58. The number of amides is 4. The van der Waals surface area contributed by atoms with Crippen molar-refractivity contribution in [1.29, 1.82) is 0 Å². The topological polar surface area (TPSA) is 205 Å². The molecule has 31 heavy (non-hydrogen) atoms. The smallest absolute Gasteiger partial charge is 0.328 e. The zero-order valence-electron chi connectivity index (χ0n) is 18.0. The summed E-state index contributed by atoms with van der Waals surface area (Å²) in [6.45, 7) is 4.92. The quantitative estimate of drug-likeness (QED) is 0.203. The number of aliphatic hydroxyl groups excluding tert-OH is 1. The Labute approximate surface area is 180 Å². The molecule has 1 rings (SSSR count). The number of aliphatic carboxylic acids is 1. The van der Waals surface area contributed by atoms with Crippen LogP contribution < -0.4 is 22.1 Å². The maximum absolute atomic E-state index is 13.1. The van der Waals surface area contributed by atoms with Crippen LogP contribution in [0.1, 0.15) is 46.5 Å². The molecule has 0 aliphatic carbocycles. The van der Waals surface area contributed by atoms with E-state index >= 15 is 0 Å². The number of aliphatic hydroxyl groups is 1. The first-order chi connectivity index (χ1) is 14.4. The van der Waals surface area contributed by atoms with Crippen molar-refractivity contribution in [2.24, 2.45) is 17.4 Å². The molecule has 0 aromatic carbocycles. The standard InChI is InChI=1S/C19H33N5O7/c1-9(2)14(21)17(28)22-11(6-7-13(20)26)18(29)24-8-4-5-12(24)16(27)23-15(10(3)25)19(30)31/h9-12,14-15,25H,4-8,21H2,1-3H3,(H2,20,26)(H,22,28)(H,23,27)(H,30,31). The number of hydrogen-bond acceptors (Lipinski definition) is 7. The number of carbonyl (C=O) groups excluding carboxylic acids is 4. The molecule has 176 valence electrons. The third-order valence-electron chi connectivity index (χ3n) is 5.20. The molecule has 5 atom stereocenters. The summed E-state index contributed by atoms with van der Waals surface area (Å²) in [6, 6.07) is -4.49. The van der Waals surface area contributed by atoms with E-state index in [2.05, 4.69) is 10.6 Å². The van der Waals surface area contributed by atoms with Crippen LogP contribution in [0, 0.1) is 5.92 Å². The third-order valence-corrected chi connectivity index (χ3v) is 5.20. The summed E-state index contributed by atoms with van der Waals surface area (Å²) < 4.78 is 0. The summed E-state index contributed by atoms with van der Waals surface area (Å²) in [6.07, 6.45) is -0.807. The van der Waals surface area contributed by atoms with E-state index in [1.54, 1.807) is 13.8 Å². The Morgan fingerprint density at radius 2 is 1.74 bits per heavy atom. The van der Waals surface area contributed by atoms with Crippen molar-refractivity contribution < 1.29 is 34.2 Å². The predicted molar refractivity (Wildman–Crippen MR) is 109 cm³/mol. The zero-order valence-corrected chi connectivity index (χ0v) is 18.0. The predicted octanol–water partition coefficient (Wildman–Crippen LogP) is -2.34. The van der Waals surface area contributed by atoms with Gasteiger partial charge in [-0.3, -0.25) is 19.2 Å². The number of likely N-dealkylation sites (tertiary alicyclic amines) is 1. The molecule has 1 aliphatic heterocycles. The minimum Gasteiger partial charge on any atom is -0.480 e. The van der Waals surface area contributed by atoms with Crippen LogP contribution in [-0.4, -0.2) is 81.5 Å². The fourth-order valence-electron chi connectivity index (χ4n) is 3.26. The van der Waals surface area contributed by atoms with Crippen molar-refractivity contribution in [2.45, 2.75) is 76.7 Å². The van der Waals surface area contributed by atoms with Crippen LogP contribution in [0.3, 0.4) is 0 Å². The number of nitrogens with zero attached hydrogens (tertiary/aromatic N) is 1. The molecular weight excluding hydrogens is 410 g/mol. The highest BCUT2D eigenvalue weighted by molar-refractivity contribution is 5.94. The van der Waals surface area contributed by atoms with Crippen LogP contribution >= 0.6 is 0 Å². The molecule has 0 saturated carbocycles. The van der Waals surface area contributed by atoms with E-state index in [9.17, 15) is 29.1 Å². The second-order valence-electron chi connectivity index (χ2n) is 8.09. The first-order valence-electron chi connectivity index (χ1n) is 10.2. The number of primary amides is 1. The van der Waals surface area contributed by atoms with Crippen molar-refractivity contribution in [3.05, 3.63) is 0 Å². The minimum absolute atomic E-state index is 0.0685. The van der Waals surface area contributed by atoms with Gasteiger partial charge in [0.05, 0.1) is 12.1 Å². The van der Waals surface area contributed by atoms with E-state index in [-0.39, 0.29) is 31.7 Å². The van der Waals surface area contributed by atoms with Crippen LogP contribution in [0.2, 0.25) is 0 Å². The Hall–Kier alpha value is -2.73. The molecule has 0 bridgehead atoms. The average molecular weight is 444 g/mol. The first-order valence-corrected chi connectivity index (χ1v) is 10.2. The lowest BCUT2D eigenvalue weighted by Gasteiger charge is -2.30. The zero-order chi connectivity index (χ0) is 23.9. The van der Waals surface area contributed by atoms with Gasteiger partial charge >= 0.3 is 5.97 Å². The number of carboxylic acid groups (broad SMARTS) is 1. The first kappa shape index (κ1) is 26.3. The second-order valence-corrected chi connectivity index (χ2v) is 8.09. The van der Waals surface area contributed by atoms with Gasteiger partial charge in [-0.1, -0.05) is 13.8 Å². The fourth-order valence-corrected chi connectivity index (χ4v) is 3.26. The highest BCUT2D eigenvalue weighted by atomic mass is 16.4. The molecule has 4 amide bonds. The highest BCUT2D eigenvalue weighted by Gasteiger charge is 2.39. The summed E-state index contributed by atoms with van der Waals surface area (Å²) in [7, 11) is 0. The van der Waals surface area contributed by atoms with E-state index in [1.165, 1.54) is 11.8 Å². The van der Waals surface area contributed by atoms with E-state index < -0.39 is 59.9 Å². The fraction of sp³-hybridized carbons (Fsp3) is 0.737. The third kappa shape index (κ3) is 7.47. The molecule has 1 aliphatic rings. The Bertz CT molecular complexity index is 697. The highest BCUT2D eigenvalue weighted by Crippen LogP contribution is 2.20. The van der Waals surface area contributed by atoms with Crippen LogP contribution in [0.5, 0.6) is 0 Å². The largest absolute Gasteiger partial charge is 0.480 e. The van der Waals surface area contributed by atoms with Gasteiger partial charge in [0.2, 0.25) is 23.6 Å². The molecule has 1 fully saturated rings. The molecular formula is C19H33N5O7. The Kier molecular flexibility index (Phi) is 9.85. The molecule has 12 heteroatoms. The minimum atomic E-state index is -1.53. The summed E-state index contributed by atoms with van der Waals surface area (Å²) in [5, 5.41) is 23.5. The maximum atomic E-state index is 13.1. The van der Waals surface area contributed by atoms with E-state index in [0.29, 0.717) is 6.42 Å². The Morgan fingerprint density at radius 3 is 2.23 bits per heavy atom. The van der Waals surface area contributed by atoms with Crippen LogP contribution in [0.15, 0.2) is 0 Å². The van der Waals surface area contributed by atoms with Gasteiger partial charge in [0, 0.05) is 13.0 Å². The molecule has 0 aromatic rings. The number of carbonyl (C=O) groups is 5. The van der Waals surface area contributed by atoms with Gasteiger partial charge in [-0.2, -0.15) is 0 Å². The second kappa shape index (κ2) is 11.6. The SMILES string of the molecule is CC(C)C(N)C(=O)NC(CCC(N)=O)C(=O)N1CCCC1C(=O)NC(C(=O)O)C(C)O. The van der Waals surface area contributed by atoms with Gasteiger partial charge in [-0.25, -0.2) is 4.79 Å². The van der Waals surface area contributed by atoms with Gasteiger partial charge in [0.1, 0.15) is 12.1 Å². The van der Waals surface area contributed by atoms with Crippen molar-refractivity contribution >= 4 is 29.6 Å². The summed E-state index contributed by atoms with van der Waals surface area (Å²) >= 11 is 0. The Morgan fingerprint density at radius 1 is 1.13 bits per heavy atom. The van der Waals surface area contributed by atoms with Gasteiger partial charge < -0.3 is 37.2 Å². The molecule has 1 heterocycles. The van der Waals surface area contributed by atoms with Gasteiger partial charge in [-0.15, -0.1) is 0 Å². The van der Waals surface area contributed by atoms with Crippen molar-refractivity contribution in [3.8, 4) is 0 Å². The molecule has 12 nitrogen and oxygen atoms in total. The number of hydrogen-bond donors (Lipinski definition) is 6. The molecule has 0 aromatic heterocycles. The normalized spacial score (nSPS) is 19.9. The lowest BCUT2D eigenvalue weighted by molar-refractivity contribution is -0.147. The molecule has 0 radical (unpaired) electrons. The van der Waals surface area contributed by atoms with Crippen molar-refractivity contribution in [3.63, 3.8) is 0 Å². The summed E-state index contributed by atoms with van der Waals surface area (Å²) in [4.78, 5) is 61.8. The summed E-state index contributed by atoms with van der Waals surface area (Å²) in [5.74, 6) is -4.14. The number of nitrogens with two attached hydrogens (primary N) is 2. The van der Waals surface area contributed by atoms with Crippen LogP contribution in [0.25, 0.3) is 0 Å². The maximum Gasteiger partial charge on any atom is 0.328 e. The number of nitrogens with one attached hydrogen (secondary N) is 2. The monoisotopic (exact) mass is 443 g/mol. The molecule has 8 N–H and O–H groups in total. The Balaban J connectivity index is 2.99. The van der Waals surface area contributed by atoms with Gasteiger partial charge in [0.25, 0.3) is 0 Å². The molecule has 1 saturated heterocycles. The van der Waals surface area contributed by atoms with Crippen molar-refractivity contribution in [2.75, 3.05) is 6.54 Å². The number of rotatable bonds is 11. The lowest BCUT2D eigenvalue weighted by atomic mass is 10.0. The number of carboxylic acids is 1. The van der Waals surface area contributed by atoms with E-state index in [1.807, 2.05) is 0 Å². The summed E-state index contributed by atoms with van der Waals surface area (Å²) in [5.41, 5.74) is 11.0. The van der Waals surface area contributed by atoms with Crippen LogP contribution in [-0.2, 0) is 24.0 Å². The van der Waals surface area contributed by atoms with Gasteiger partial charge in [0.15, 0.2) is 6.04 Å². The molecule has 0 spiro atoms. The van der Waals surface area contributed by atoms with E-state index in [0.717, 1.165) is 0 Å². The van der Waals surface area contributed by atoms with Gasteiger partial charge in [-0.05, 0) is 32.1 Å². The molecule has 5 unspecified atom stereocenters.